The predicted molar refractivity (Wildman–Crippen MR) is 96.6 cm³/mol. The maximum atomic E-state index is 12.2. The third kappa shape index (κ3) is 4.25. The van der Waals surface area contributed by atoms with Crippen molar-refractivity contribution in [2.24, 2.45) is 0 Å². The van der Waals surface area contributed by atoms with Crippen LogP contribution in [0.2, 0.25) is 0 Å². The summed E-state index contributed by atoms with van der Waals surface area (Å²) in [6.07, 6.45) is 0.896. The zero-order chi connectivity index (χ0) is 14.4. The molecular weight excluding hydrogens is 411 g/mol. The summed E-state index contributed by atoms with van der Waals surface area (Å²) in [5.74, 6) is 0. The van der Waals surface area contributed by atoms with Gasteiger partial charge in [-0.05, 0) is 83.9 Å². The molecule has 2 aromatic rings. The molecule has 19 heavy (non-hydrogen) atoms. The van der Waals surface area contributed by atoms with Gasteiger partial charge in [0.05, 0.1) is 10.9 Å². The average Bonchev–Trinajstić information content (AvgIpc) is 2.37. The van der Waals surface area contributed by atoms with E-state index in [1.54, 1.807) is 4.57 Å². The van der Waals surface area contributed by atoms with Crippen LogP contribution < -0.4 is 5.56 Å². The minimum absolute atomic E-state index is 0.000819. The molecule has 0 spiro atoms. The first-order valence-corrected chi connectivity index (χ1v) is 7.77. The van der Waals surface area contributed by atoms with Gasteiger partial charge in [-0.15, -0.1) is 0 Å². The molecule has 0 aliphatic heterocycles. The highest BCUT2D eigenvalue weighted by molar-refractivity contribution is 14.1. The zero-order valence-electron chi connectivity index (χ0n) is 10.1. The van der Waals surface area contributed by atoms with Crippen molar-refractivity contribution in [2.45, 2.75) is 19.9 Å². The second-order valence-electron chi connectivity index (χ2n) is 3.66. The molecule has 7 heteroatoms. The fourth-order valence-electron chi connectivity index (χ4n) is 1.65. The van der Waals surface area contributed by atoms with Gasteiger partial charge < -0.3 is 4.98 Å². The molecule has 100 valence electrons. The summed E-state index contributed by atoms with van der Waals surface area (Å²) in [6, 6.07) is 5.73. The molecule has 0 atom stereocenters. The lowest BCUT2D eigenvalue weighted by Crippen LogP contribution is -2.22. The van der Waals surface area contributed by atoms with Crippen molar-refractivity contribution in [1.82, 2.24) is 9.55 Å². The maximum absolute atomic E-state index is 12.2. The predicted octanol–water partition coefficient (Wildman–Crippen LogP) is 4.09. The zero-order valence-corrected chi connectivity index (χ0v) is 14.7. The van der Waals surface area contributed by atoms with Crippen LogP contribution in [0.15, 0.2) is 23.0 Å². The molecule has 1 N–H and O–H groups in total. The molecule has 0 amide bonds. The highest BCUT2D eigenvalue weighted by Crippen LogP contribution is 2.12. The fraction of sp³-hybridized carbons (Fsp3) is 0.250. The molecule has 1 aromatic carbocycles. The number of halogens is 1. The third-order valence-electron chi connectivity index (χ3n) is 2.39. The van der Waals surface area contributed by atoms with Crippen LogP contribution in [-0.4, -0.2) is 13.9 Å². The van der Waals surface area contributed by atoms with Gasteiger partial charge in [-0.2, -0.15) is 0 Å². The number of benzene rings is 1. The van der Waals surface area contributed by atoms with Crippen LogP contribution >= 0.6 is 59.2 Å². The molecule has 0 aliphatic rings. The van der Waals surface area contributed by atoms with Gasteiger partial charge in [0.15, 0.2) is 4.77 Å². The van der Waals surface area contributed by atoms with Crippen LogP contribution in [0.4, 0.5) is 0 Å². The van der Waals surface area contributed by atoms with Crippen molar-refractivity contribution in [1.29, 1.82) is 0 Å². The number of rotatable bonds is 2. The van der Waals surface area contributed by atoms with E-state index in [4.69, 9.17) is 12.2 Å². The normalized spacial score (nSPS) is 9.58. The molecule has 0 unspecified atom stereocenters. The van der Waals surface area contributed by atoms with E-state index >= 15 is 0 Å². The second kappa shape index (κ2) is 7.96. The Labute approximate surface area is 140 Å². The van der Waals surface area contributed by atoms with E-state index in [0.717, 1.165) is 15.5 Å². The summed E-state index contributed by atoms with van der Waals surface area (Å²) in [4.78, 5) is 15.2. The van der Waals surface area contributed by atoms with E-state index < -0.39 is 0 Å². The van der Waals surface area contributed by atoms with Gasteiger partial charge in [0.25, 0.3) is 5.56 Å². The Kier molecular flexibility index (Phi) is 6.95. The molecule has 0 aliphatic carbocycles. The van der Waals surface area contributed by atoms with E-state index in [2.05, 4.69) is 52.0 Å². The van der Waals surface area contributed by atoms with Crippen molar-refractivity contribution < 1.29 is 0 Å². The van der Waals surface area contributed by atoms with E-state index in [-0.39, 0.29) is 5.56 Å². The number of hydrogen-bond acceptors (Lipinski definition) is 4. The average molecular weight is 422 g/mol. The van der Waals surface area contributed by atoms with Gasteiger partial charge in [-0.3, -0.25) is 9.36 Å². The minimum atomic E-state index is -0.000819. The number of thiocarbonyl (C=S) groups is 2. The first-order valence-electron chi connectivity index (χ1n) is 5.46. The number of aromatic nitrogens is 2. The minimum Gasteiger partial charge on any atom is -0.332 e. The van der Waals surface area contributed by atoms with E-state index in [0.29, 0.717) is 16.7 Å². The van der Waals surface area contributed by atoms with Gasteiger partial charge in [-0.25, -0.2) is 0 Å². The number of fused-ring (bicyclic) bond motifs is 1. The van der Waals surface area contributed by atoms with Crippen molar-refractivity contribution in [3.8, 4) is 0 Å². The smallest absolute Gasteiger partial charge is 0.262 e. The van der Waals surface area contributed by atoms with Gasteiger partial charge >= 0.3 is 0 Å². The van der Waals surface area contributed by atoms with Gasteiger partial charge in [-0.1, -0.05) is 6.92 Å². The van der Waals surface area contributed by atoms with Crippen molar-refractivity contribution in [3.05, 3.63) is 36.9 Å². The van der Waals surface area contributed by atoms with Crippen LogP contribution in [0.25, 0.3) is 10.9 Å². The Hall–Kier alpha value is -0.470. The molecule has 0 fully saturated rings. The molecule has 0 bridgehead atoms. The number of hydrogen-bond donors (Lipinski definition) is 1. The van der Waals surface area contributed by atoms with Crippen LogP contribution in [0.3, 0.4) is 0 Å². The fourth-order valence-corrected chi connectivity index (χ4v) is 2.42. The Morgan fingerprint density at radius 1 is 1.42 bits per heavy atom. The molecule has 3 nitrogen and oxygen atoms in total. The van der Waals surface area contributed by atoms with Gasteiger partial charge in [0, 0.05) is 14.4 Å². The van der Waals surface area contributed by atoms with Crippen molar-refractivity contribution >= 4 is 74.5 Å². The summed E-state index contributed by atoms with van der Waals surface area (Å²) in [5, 5.41) is 0.703. The summed E-state index contributed by atoms with van der Waals surface area (Å²) in [5.41, 5.74) is 0.807. The maximum Gasteiger partial charge on any atom is 0.262 e. The van der Waals surface area contributed by atoms with Crippen LogP contribution in [-0.2, 0) is 6.54 Å². The number of nitrogens with zero attached hydrogens (tertiary/aromatic N) is 1. The van der Waals surface area contributed by atoms with E-state index in [1.165, 1.54) is 0 Å². The lowest BCUT2D eigenvalue weighted by Gasteiger charge is -2.06. The van der Waals surface area contributed by atoms with Gasteiger partial charge in [0.1, 0.15) is 0 Å². The first kappa shape index (κ1) is 16.6. The second-order valence-corrected chi connectivity index (χ2v) is 5.96. The first-order chi connectivity index (χ1) is 9.04. The van der Waals surface area contributed by atoms with Gasteiger partial charge in [0.2, 0.25) is 0 Å². The van der Waals surface area contributed by atoms with E-state index in [1.807, 2.05) is 29.4 Å². The molecule has 0 saturated heterocycles. The van der Waals surface area contributed by atoms with Crippen molar-refractivity contribution in [3.63, 3.8) is 0 Å². The molecule has 0 radical (unpaired) electrons. The largest absolute Gasteiger partial charge is 0.332 e. The Morgan fingerprint density at radius 2 is 2.05 bits per heavy atom. The Morgan fingerprint density at radius 3 is 2.63 bits per heavy atom. The standard InChI is InChI=1S/C11H11IN2OS.CS2/c1-2-5-14-10(15)8-6-7(12)3-4-9(8)13-11(14)16;2-1-3/h3-4,6H,2,5H2,1H3,(H,13,16);. The van der Waals surface area contributed by atoms with Crippen LogP contribution in [0.5, 0.6) is 0 Å². The highest BCUT2D eigenvalue weighted by atomic mass is 127. The Balaban J connectivity index is 0.000000550. The Bertz CT molecular complexity index is 730. The molecular formula is C12H11IN2OS3. The quantitative estimate of drug-likeness (QED) is 0.585. The van der Waals surface area contributed by atoms with Crippen LogP contribution in [0, 0.1) is 8.34 Å². The molecule has 1 heterocycles. The molecule has 1 aromatic heterocycles. The highest BCUT2D eigenvalue weighted by Gasteiger charge is 2.04. The van der Waals surface area contributed by atoms with Crippen LogP contribution in [0.1, 0.15) is 13.3 Å². The summed E-state index contributed by atoms with van der Waals surface area (Å²) >= 11 is 15.3. The SMILES string of the molecule is CCCn1c(=S)[nH]c2ccc(I)cc2c1=O.S=C=S. The monoisotopic (exact) mass is 422 g/mol. The summed E-state index contributed by atoms with van der Waals surface area (Å²) in [7, 11) is 0. The lowest BCUT2D eigenvalue weighted by molar-refractivity contribution is 0.638. The number of H-pyrrole nitrogens is 1. The number of nitrogens with one attached hydrogen (secondary N) is 1. The number of aromatic amines is 1. The summed E-state index contributed by atoms with van der Waals surface area (Å²) in [6.45, 7) is 2.69. The lowest BCUT2D eigenvalue weighted by atomic mass is 10.2. The molecule has 0 saturated carbocycles. The van der Waals surface area contributed by atoms with Crippen molar-refractivity contribution in [2.75, 3.05) is 0 Å². The third-order valence-corrected chi connectivity index (χ3v) is 3.38. The van der Waals surface area contributed by atoms with E-state index in [9.17, 15) is 4.79 Å². The topological polar surface area (TPSA) is 37.8 Å². The molecule has 2 rings (SSSR count). The summed E-state index contributed by atoms with van der Waals surface area (Å²) < 4.78 is 5.09.